The Bertz CT molecular complexity index is 660. The number of rotatable bonds is 3. The Kier molecular flexibility index (Phi) is 2.49. The Morgan fingerprint density at radius 2 is 1.65 bits per heavy atom. The summed E-state index contributed by atoms with van der Waals surface area (Å²) in [4.78, 5) is 0. The molecule has 0 unspecified atom stereocenters. The second-order valence-corrected chi connectivity index (χ2v) is 5.82. The van der Waals surface area contributed by atoms with E-state index in [9.17, 15) is 0 Å². The molecular weight excluding hydrogens is 242 g/mol. The Labute approximate surface area is 120 Å². The van der Waals surface area contributed by atoms with Gasteiger partial charge in [0.25, 0.3) is 0 Å². The van der Waals surface area contributed by atoms with Gasteiger partial charge in [-0.3, -0.25) is 0 Å². The molecule has 2 aliphatic carbocycles. The van der Waals surface area contributed by atoms with Crippen molar-refractivity contribution in [2.24, 2.45) is 0 Å². The molecule has 0 aromatic heterocycles. The van der Waals surface area contributed by atoms with E-state index >= 15 is 0 Å². The normalized spacial score (nSPS) is 25.1. The van der Waals surface area contributed by atoms with Crippen molar-refractivity contribution in [1.82, 2.24) is 5.32 Å². The second kappa shape index (κ2) is 4.23. The number of terminal acetylenes is 1. The van der Waals surface area contributed by atoms with Crippen LogP contribution in [0.4, 0.5) is 0 Å². The molecule has 0 saturated heterocycles. The molecule has 0 aliphatic heterocycles. The monoisotopic (exact) mass is 259 g/mol. The summed E-state index contributed by atoms with van der Waals surface area (Å²) in [6.45, 7) is 1.57. The average molecular weight is 259 g/mol. The minimum absolute atomic E-state index is 0.120. The van der Waals surface area contributed by atoms with E-state index in [2.05, 4.69) is 59.8 Å². The average Bonchev–Trinajstić information content (AvgIpc) is 3.01. The van der Waals surface area contributed by atoms with Crippen LogP contribution in [0.15, 0.2) is 48.5 Å². The van der Waals surface area contributed by atoms with Crippen LogP contribution in [0.1, 0.15) is 34.6 Å². The zero-order chi connectivity index (χ0) is 13.6. The van der Waals surface area contributed by atoms with Gasteiger partial charge >= 0.3 is 0 Å². The van der Waals surface area contributed by atoms with Crippen molar-refractivity contribution in [2.75, 3.05) is 13.1 Å². The first kappa shape index (κ1) is 11.8. The Hall–Kier alpha value is -2.04. The van der Waals surface area contributed by atoms with E-state index in [1.54, 1.807) is 0 Å². The van der Waals surface area contributed by atoms with Crippen molar-refractivity contribution in [2.45, 2.75) is 17.8 Å². The number of nitrogens with one attached hydrogen (secondary N) is 1. The van der Waals surface area contributed by atoms with E-state index in [4.69, 9.17) is 6.42 Å². The van der Waals surface area contributed by atoms with E-state index < -0.39 is 0 Å². The summed E-state index contributed by atoms with van der Waals surface area (Å²) in [5.74, 6) is 3.25. The molecule has 20 heavy (non-hydrogen) atoms. The minimum Gasteiger partial charge on any atom is -0.305 e. The molecule has 1 nitrogen and oxygen atoms in total. The summed E-state index contributed by atoms with van der Waals surface area (Å²) in [7, 11) is 0. The number of hydrogen-bond donors (Lipinski definition) is 1. The Balaban J connectivity index is 1.87. The van der Waals surface area contributed by atoms with Gasteiger partial charge < -0.3 is 5.32 Å². The SMILES string of the molecule is C#CCNCC12CC(c3ccccc31)c1ccccc12. The molecule has 0 atom stereocenters. The molecule has 2 aromatic rings. The summed E-state index contributed by atoms with van der Waals surface area (Å²) in [6, 6.07) is 17.8. The molecule has 98 valence electrons. The number of fused-ring (bicyclic) bond motifs is 8. The predicted octanol–water partition coefficient (Wildman–Crippen LogP) is 3.04. The van der Waals surface area contributed by atoms with E-state index in [0.717, 1.165) is 6.54 Å². The summed E-state index contributed by atoms with van der Waals surface area (Å²) in [5.41, 5.74) is 6.12. The van der Waals surface area contributed by atoms with E-state index in [1.807, 2.05) is 0 Å². The zero-order valence-electron chi connectivity index (χ0n) is 11.4. The number of hydrogen-bond acceptors (Lipinski definition) is 1. The van der Waals surface area contributed by atoms with E-state index in [1.165, 1.54) is 28.7 Å². The van der Waals surface area contributed by atoms with Crippen molar-refractivity contribution in [3.8, 4) is 12.3 Å². The molecule has 0 fully saturated rings. The maximum atomic E-state index is 5.39. The van der Waals surface area contributed by atoms with Crippen molar-refractivity contribution >= 4 is 0 Å². The molecule has 2 aromatic carbocycles. The first-order chi connectivity index (χ1) is 9.87. The minimum atomic E-state index is 0.120. The lowest BCUT2D eigenvalue weighted by molar-refractivity contribution is 0.492. The smallest absolute Gasteiger partial charge is 0.0574 e. The fourth-order valence-electron chi connectivity index (χ4n) is 4.18. The molecule has 2 aliphatic rings. The largest absolute Gasteiger partial charge is 0.305 e. The van der Waals surface area contributed by atoms with Crippen LogP contribution in [0.3, 0.4) is 0 Å². The van der Waals surface area contributed by atoms with Gasteiger partial charge in [-0.25, -0.2) is 0 Å². The summed E-state index contributed by atoms with van der Waals surface area (Å²) < 4.78 is 0. The van der Waals surface area contributed by atoms with Crippen LogP contribution < -0.4 is 5.32 Å². The number of benzene rings is 2. The molecule has 0 amide bonds. The summed E-state index contributed by atoms with van der Waals surface area (Å²) in [6.07, 6.45) is 6.57. The molecule has 2 bridgehead atoms. The zero-order valence-corrected chi connectivity index (χ0v) is 11.4. The maximum Gasteiger partial charge on any atom is 0.0574 e. The molecule has 1 N–H and O–H groups in total. The van der Waals surface area contributed by atoms with Gasteiger partial charge in [0.15, 0.2) is 0 Å². The summed E-state index contributed by atoms with van der Waals surface area (Å²) >= 11 is 0. The van der Waals surface area contributed by atoms with Gasteiger partial charge in [0.05, 0.1) is 6.54 Å². The third-order valence-electron chi connectivity index (χ3n) is 4.91. The van der Waals surface area contributed by atoms with Crippen LogP contribution in [-0.4, -0.2) is 13.1 Å². The summed E-state index contributed by atoms with van der Waals surface area (Å²) in [5, 5.41) is 3.44. The molecular formula is C19H17N. The van der Waals surface area contributed by atoms with Crippen LogP contribution in [0.2, 0.25) is 0 Å². The van der Waals surface area contributed by atoms with Crippen LogP contribution in [-0.2, 0) is 5.41 Å². The van der Waals surface area contributed by atoms with Crippen LogP contribution in [0, 0.1) is 12.3 Å². The fourth-order valence-corrected chi connectivity index (χ4v) is 4.18. The van der Waals surface area contributed by atoms with E-state index in [-0.39, 0.29) is 5.41 Å². The molecule has 0 heterocycles. The third-order valence-corrected chi connectivity index (χ3v) is 4.91. The van der Waals surface area contributed by atoms with Gasteiger partial charge in [0.2, 0.25) is 0 Å². The topological polar surface area (TPSA) is 12.0 Å². The highest BCUT2D eigenvalue weighted by atomic mass is 14.9. The van der Waals surface area contributed by atoms with Gasteiger partial charge in [-0.05, 0) is 28.7 Å². The van der Waals surface area contributed by atoms with Gasteiger partial charge in [-0.2, -0.15) is 0 Å². The highest BCUT2D eigenvalue weighted by Gasteiger charge is 2.51. The lowest BCUT2D eigenvalue weighted by atomic mass is 9.75. The van der Waals surface area contributed by atoms with Crippen LogP contribution in [0.5, 0.6) is 0 Å². The van der Waals surface area contributed by atoms with Gasteiger partial charge in [-0.15, -0.1) is 6.42 Å². The Morgan fingerprint density at radius 3 is 2.25 bits per heavy atom. The fraction of sp³-hybridized carbons (Fsp3) is 0.263. The maximum absolute atomic E-state index is 5.39. The highest BCUT2D eigenvalue weighted by molar-refractivity contribution is 5.62. The lowest BCUT2D eigenvalue weighted by Crippen LogP contribution is -2.36. The third kappa shape index (κ3) is 1.38. The molecule has 1 heteroatoms. The standard InChI is InChI=1S/C19H17N/c1-2-11-20-13-19-12-16(14-7-3-5-9-17(14)19)15-8-4-6-10-18(15)19/h1,3-10,16,20H,11-13H2. The van der Waals surface area contributed by atoms with E-state index in [0.29, 0.717) is 12.5 Å². The van der Waals surface area contributed by atoms with Gasteiger partial charge in [0, 0.05) is 17.9 Å². The van der Waals surface area contributed by atoms with Gasteiger partial charge in [0.1, 0.15) is 0 Å². The van der Waals surface area contributed by atoms with Crippen molar-refractivity contribution in [3.63, 3.8) is 0 Å². The first-order valence-electron chi connectivity index (χ1n) is 7.20. The van der Waals surface area contributed by atoms with Crippen molar-refractivity contribution in [3.05, 3.63) is 70.8 Å². The lowest BCUT2D eigenvalue weighted by Gasteiger charge is -2.31. The molecule has 0 saturated carbocycles. The van der Waals surface area contributed by atoms with Crippen LogP contribution in [0.25, 0.3) is 0 Å². The van der Waals surface area contributed by atoms with Crippen LogP contribution >= 0.6 is 0 Å². The van der Waals surface area contributed by atoms with Gasteiger partial charge in [-0.1, -0.05) is 54.5 Å². The van der Waals surface area contributed by atoms with Crippen molar-refractivity contribution in [1.29, 1.82) is 0 Å². The second-order valence-electron chi connectivity index (χ2n) is 5.82. The predicted molar refractivity (Wildman–Crippen MR) is 81.8 cm³/mol. The molecule has 0 radical (unpaired) electrons. The first-order valence-corrected chi connectivity index (χ1v) is 7.20. The highest BCUT2D eigenvalue weighted by Crippen LogP contribution is 2.59. The Morgan fingerprint density at radius 1 is 1.05 bits per heavy atom. The molecule has 4 rings (SSSR count). The van der Waals surface area contributed by atoms with Crippen molar-refractivity contribution < 1.29 is 0 Å². The molecule has 0 spiro atoms. The quantitative estimate of drug-likeness (QED) is 0.660.